The Kier molecular flexibility index (Phi) is 6.04. The number of hydrogen-bond donors (Lipinski definition) is 1. The molecule has 0 aromatic heterocycles. The fraction of sp³-hybridized carbons (Fsp3) is 0.261. The number of benzene rings is 3. The van der Waals surface area contributed by atoms with Gasteiger partial charge in [-0.05, 0) is 43.5 Å². The van der Waals surface area contributed by atoms with Crippen molar-refractivity contribution in [2.75, 3.05) is 14.2 Å². The van der Waals surface area contributed by atoms with Gasteiger partial charge in [0.1, 0.15) is 17.2 Å². The predicted molar refractivity (Wildman–Crippen MR) is 110 cm³/mol. The maximum absolute atomic E-state index is 12.7. The third kappa shape index (κ3) is 4.19. The SMILES string of the molecule is COc1ccc(OC)c([C@@H](C)NC(=O)[C@@H](C)Oc2cccc3ccccc23)c1. The average molecular weight is 379 g/mol. The quantitative estimate of drug-likeness (QED) is 0.657. The van der Waals surface area contributed by atoms with E-state index in [9.17, 15) is 4.79 Å². The molecule has 5 heteroatoms. The van der Waals surface area contributed by atoms with E-state index in [0.29, 0.717) is 17.2 Å². The van der Waals surface area contributed by atoms with Crippen LogP contribution in [0.1, 0.15) is 25.5 Å². The summed E-state index contributed by atoms with van der Waals surface area (Å²) < 4.78 is 16.7. The molecule has 0 unspecified atom stereocenters. The van der Waals surface area contributed by atoms with Crippen molar-refractivity contribution in [2.24, 2.45) is 0 Å². The third-order valence-corrected chi connectivity index (χ3v) is 4.68. The van der Waals surface area contributed by atoms with E-state index in [0.717, 1.165) is 16.3 Å². The summed E-state index contributed by atoms with van der Waals surface area (Å²) in [4.78, 5) is 12.7. The van der Waals surface area contributed by atoms with Crippen molar-refractivity contribution in [1.29, 1.82) is 0 Å². The standard InChI is InChI=1S/C23H25NO4/c1-15(20-14-18(26-3)12-13-21(20)27-4)24-23(25)16(2)28-22-11-7-9-17-8-5-6-10-19(17)22/h5-16H,1-4H3,(H,24,25)/t15-,16-/m1/s1. The Morgan fingerprint density at radius 2 is 1.64 bits per heavy atom. The molecule has 0 saturated carbocycles. The summed E-state index contributed by atoms with van der Waals surface area (Å²) in [5, 5.41) is 5.04. The zero-order valence-electron chi connectivity index (χ0n) is 16.6. The maximum Gasteiger partial charge on any atom is 0.261 e. The Morgan fingerprint density at radius 1 is 0.893 bits per heavy atom. The number of methoxy groups -OCH3 is 2. The number of rotatable bonds is 7. The number of fused-ring (bicyclic) bond motifs is 1. The van der Waals surface area contributed by atoms with Crippen LogP contribution in [0.2, 0.25) is 0 Å². The molecule has 2 atom stereocenters. The van der Waals surface area contributed by atoms with Crippen LogP contribution in [0.5, 0.6) is 17.2 Å². The lowest BCUT2D eigenvalue weighted by molar-refractivity contribution is -0.127. The van der Waals surface area contributed by atoms with Crippen LogP contribution in [-0.2, 0) is 4.79 Å². The molecule has 0 saturated heterocycles. The van der Waals surface area contributed by atoms with Crippen LogP contribution in [-0.4, -0.2) is 26.2 Å². The lowest BCUT2D eigenvalue weighted by Crippen LogP contribution is -2.37. The Balaban J connectivity index is 1.73. The van der Waals surface area contributed by atoms with Crippen molar-refractivity contribution in [1.82, 2.24) is 5.32 Å². The molecule has 0 aliphatic heterocycles. The molecule has 0 bridgehead atoms. The summed E-state index contributed by atoms with van der Waals surface area (Å²) in [5.74, 6) is 1.88. The van der Waals surface area contributed by atoms with Crippen molar-refractivity contribution >= 4 is 16.7 Å². The molecule has 1 N–H and O–H groups in total. The van der Waals surface area contributed by atoms with E-state index >= 15 is 0 Å². The largest absolute Gasteiger partial charge is 0.497 e. The topological polar surface area (TPSA) is 56.8 Å². The summed E-state index contributed by atoms with van der Waals surface area (Å²) in [6, 6.07) is 19.0. The van der Waals surface area contributed by atoms with Gasteiger partial charge in [0, 0.05) is 10.9 Å². The molecule has 0 heterocycles. The van der Waals surface area contributed by atoms with Gasteiger partial charge in [0.2, 0.25) is 0 Å². The first kappa shape index (κ1) is 19.5. The number of carbonyl (C=O) groups is 1. The monoisotopic (exact) mass is 379 g/mol. The highest BCUT2D eigenvalue weighted by molar-refractivity contribution is 5.89. The molecule has 146 valence electrons. The zero-order valence-corrected chi connectivity index (χ0v) is 16.6. The van der Waals surface area contributed by atoms with Gasteiger partial charge in [-0.25, -0.2) is 0 Å². The van der Waals surface area contributed by atoms with Crippen molar-refractivity contribution in [3.05, 3.63) is 66.2 Å². The Morgan fingerprint density at radius 3 is 2.39 bits per heavy atom. The molecule has 3 aromatic rings. The van der Waals surface area contributed by atoms with Crippen molar-refractivity contribution in [3.63, 3.8) is 0 Å². The number of hydrogen-bond acceptors (Lipinski definition) is 4. The molecule has 28 heavy (non-hydrogen) atoms. The molecule has 0 aliphatic rings. The van der Waals surface area contributed by atoms with E-state index in [2.05, 4.69) is 5.32 Å². The van der Waals surface area contributed by atoms with Crippen LogP contribution < -0.4 is 19.5 Å². The minimum Gasteiger partial charge on any atom is -0.497 e. The molecule has 0 spiro atoms. The first-order chi connectivity index (χ1) is 13.5. The summed E-state index contributed by atoms with van der Waals surface area (Å²) in [5.41, 5.74) is 0.840. The molecule has 3 rings (SSSR count). The molecule has 5 nitrogen and oxygen atoms in total. The zero-order chi connectivity index (χ0) is 20.1. The van der Waals surface area contributed by atoms with E-state index in [4.69, 9.17) is 14.2 Å². The Hall–Kier alpha value is -3.21. The van der Waals surface area contributed by atoms with Crippen LogP contribution in [0.3, 0.4) is 0 Å². The van der Waals surface area contributed by atoms with Crippen LogP contribution in [0.25, 0.3) is 10.8 Å². The van der Waals surface area contributed by atoms with Gasteiger partial charge < -0.3 is 19.5 Å². The minimum atomic E-state index is -0.648. The van der Waals surface area contributed by atoms with Crippen molar-refractivity contribution < 1.29 is 19.0 Å². The molecule has 1 amide bonds. The normalized spacial score (nSPS) is 12.9. The predicted octanol–water partition coefficient (Wildman–Crippen LogP) is 4.50. The maximum atomic E-state index is 12.7. The Bertz CT molecular complexity index is 964. The second-order valence-electron chi connectivity index (χ2n) is 6.58. The van der Waals surface area contributed by atoms with Gasteiger partial charge in [-0.2, -0.15) is 0 Å². The lowest BCUT2D eigenvalue weighted by Gasteiger charge is -2.21. The Labute approximate surface area is 165 Å². The fourth-order valence-electron chi connectivity index (χ4n) is 3.13. The molecular formula is C23H25NO4. The summed E-state index contributed by atoms with van der Waals surface area (Å²) >= 11 is 0. The first-order valence-corrected chi connectivity index (χ1v) is 9.20. The van der Waals surface area contributed by atoms with Gasteiger partial charge in [0.15, 0.2) is 6.10 Å². The van der Waals surface area contributed by atoms with Gasteiger partial charge in [-0.3, -0.25) is 4.79 Å². The summed E-state index contributed by atoms with van der Waals surface area (Å²) in [6.07, 6.45) is -0.648. The summed E-state index contributed by atoms with van der Waals surface area (Å²) in [6.45, 7) is 3.65. The fourth-order valence-corrected chi connectivity index (χ4v) is 3.13. The van der Waals surface area contributed by atoms with Crippen LogP contribution in [0.15, 0.2) is 60.7 Å². The van der Waals surface area contributed by atoms with E-state index in [1.54, 1.807) is 21.1 Å². The number of amides is 1. The molecule has 3 aromatic carbocycles. The van der Waals surface area contributed by atoms with Gasteiger partial charge in [0.05, 0.1) is 20.3 Å². The van der Waals surface area contributed by atoms with Crippen molar-refractivity contribution in [2.45, 2.75) is 26.0 Å². The van der Waals surface area contributed by atoms with E-state index in [1.807, 2.05) is 67.6 Å². The number of nitrogens with one attached hydrogen (secondary N) is 1. The number of ether oxygens (including phenoxy) is 3. The second-order valence-corrected chi connectivity index (χ2v) is 6.58. The smallest absolute Gasteiger partial charge is 0.261 e. The molecule has 0 radical (unpaired) electrons. The lowest BCUT2D eigenvalue weighted by atomic mass is 10.1. The minimum absolute atomic E-state index is 0.203. The van der Waals surface area contributed by atoms with E-state index in [-0.39, 0.29) is 11.9 Å². The van der Waals surface area contributed by atoms with Crippen LogP contribution in [0, 0.1) is 0 Å². The molecular weight excluding hydrogens is 354 g/mol. The van der Waals surface area contributed by atoms with E-state index in [1.165, 1.54) is 0 Å². The highest BCUT2D eigenvalue weighted by atomic mass is 16.5. The molecule has 0 fully saturated rings. The van der Waals surface area contributed by atoms with Gasteiger partial charge in [-0.15, -0.1) is 0 Å². The van der Waals surface area contributed by atoms with Crippen LogP contribution in [0.4, 0.5) is 0 Å². The third-order valence-electron chi connectivity index (χ3n) is 4.68. The second kappa shape index (κ2) is 8.65. The number of carbonyl (C=O) groups excluding carboxylic acids is 1. The molecule has 0 aliphatic carbocycles. The first-order valence-electron chi connectivity index (χ1n) is 9.20. The highest BCUT2D eigenvalue weighted by Crippen LogP contribution is 2.30. The van der Waals surface area contributed by atoms with Gasteiger partial charge in [-0.1, -0.05) is 36.4 Å². The summed E-state index contributed by atoms with van der Waals surface area (Å²) in [7, 11) is 3.21. The van der Waals surface area contributed by atoms with Crippen LogP contribution >= 0.6 is 0 Å². The van der Waals surface area contributed by atoms with Crippen molar-refractivity contribution in [3.8, 4) is 17.2 Å². The van der Waals surface area contributed by atoms with E-state index < -0.39 is 6.10 Å². The average Bonchev–Trinajstić information content (AvgIpc) is 2.73. The highest BCUT2D eigenvalue weighted by Gasteiger charge is 2.21. The van der Waals surface area contributed by atoms with Gasteiger partial charge >= 0.3 is 0 Å². The van der Waals surface area contributed by atoms with Gasteiger partial charge in [0.25, 0.3) is 5.91 Å².